The third-order valence-corrected chi connectivity index (χ3v) is 3.91. The molecule has 5 heteroatoms. The van der Waals surface area contributed by atoms with E-state index in [1.54, 1.807) is 17.5 Å². The Balaban J connectivity index is 1.91. The van der Waals surface area contributed by atoms with E-state index in [0.717, 1.165) is 21.8 Å². The van der Waals surface area contributed by atoms with Crippen LogP contribution in [0.25, 0.3) is 21.8 Å². The second-order valence-corrected chi connectivity index (χ2v) is 5.32. The summed E-state index contributed by atoms with van der Waals surface area (Å²) in [5, 5.41) is 2.96. The highest BCUT2D eigenvalue weighted by atomic mass is 32.1. The number of thiazole rings is 1. The van der Waals surface area contributed by atoms with E-state index in [4.69, 9.17) is 10.5 Å². The van der Waals surface area contributed by atoms with Gasteiger partial charge < -0.3 is 10.5 Å². The molecule has 21 heavy (non-hydrogen) atoms. The number of aromatic nitrogens is 2. The smallest absolute Gasteiger partial charge is 0.142 e. The largest absolute Gasteiger partial charge is 0.492 e. The van der Waals surface area contributed by atoms with Gasteiger partial charge in [-0.25, -0.2) is 4.98 Å². The topological polar surface area (TPSA) is 61.0 Å². The van der Waals surface area contributed by atoms with Crippen LogP contribution in [0, 0.1) is 0 Å². The standard InChI is InChI=1S/C16H15N3OS/c1-2-20-15-6-5-11(8-13(15)17)16-19-14(10-21-16)12-4-3-7-18-9-12/h3-10H,2,17H2,1H3. The molecule has 1 aromatic carbocycles. The van der Waals surface area contributed by atoms with Crippen LogP contribution < -0.4 is 10.5 Å². The zero-order valence-electron chi connectivity index (χ0n) is 11.6. The van der Waals surface area contributed by atoms with Gasteiger partial charge in [0.1, 0.15) is 10.8 Å². The average Bonchev–Trinajstić information content (AvgIpc) is 3.00. The van der Waals surface area contributed by atoms with Crippen LogP contribution >= 0.6 is 11.3 Å². The minimum atomic E-state index is 0.603. The average molecular weight is 297 g/mol. The summed E-state index contributed by atoms with van der Waals surface area (Å²) in [6.45, 7) is 2.54. The Morgan fingerprint density at radius 1 is 1.24 bits per heavy atom. The Morgan fingerprint density at radius 2 is 2.14 bits per heavy atom. The molecule has 3 aromatic rings. The first-order valence-electron chi connectivity index (χ1n) is 6.66. The fourth-order valence-corrected chi connectivity index (χ4v) is 2.85. The summed E-state index contributed by atoms with van der Waals surface area (Å²) in [5.41, 5.74) is 9.57. The number of rotatable bonds is 4. The van der Waals surface area contributed by atoms with Gasteiger partial charge >= 0.3 is 0 Å². The molecule has 0 aliphatic heterocycles. The van der Waals surface area contributed by atoms with E-state index in [1.165, 1.54) is 0 Å². The van der Waals surface area contributed by atoms with Gasteiger partial charge in [-0.2, -0.15) is 0 Å². The van der Waals surface area contributed by atoms with Crippen molar-refractivity contribution in [3.8, 4) is 27.6 Å². The minimum absolute atomic E-state index is 0.603. The molecule has 0 bridgehead atoms. The molecule has 0 saturated heterocycles. The highest BCUT2D eigenvalue weighted by Gasteiger charge is 2.09. The first-order chi connectivity index (χ1) is 10.3. The lowest BCUT2D eigenvalue weighted by Gasteiger charge is -2.07. The summed E-state index contributed by atoms with van der Waals surface area (Å²) >= 11 is 1.59. The van der Waals surface area contributed by atoms with Gasteiger partial charge in [-0.05, 0) is 37.3 Å². The van der Waals surface area contributed by atoms with Crippen molar-refractivity contribution in [2.45, 2.75) is 6.92 Å². The van der Waals surface area contributed by atoms with Crippen molar-refractivity contribution >= 4 is 17.0 Å². The van der Waals surface area contributed by atoms with Gasteiger partial charge in [-0.1, -0.05) is 0 Å². The highest BCUT2D eigenvalue weighted by Crippen LogP contribution is 2.32. The van der Waals surface area contributed by atoms with Crippen molar-refractivity contribution in [3.63, 3.8) is 0 Å². The van der Waals surface area contributed by atoms with Crippen LogP contribution in [-0.4, -0.2) is 16.6 Å². The van der Waals surface area contributed by atoms with Gasteiger partial charge in [0.2, 0.25) is 0 Å². The lowest BCUT2D eigenvalue weighted by atomic mass is 10.2. The summed E-state index contributed by atoms with van der Waals surface area (Å²) in [7, 11) is 0. The van der Waals surface area contributed by atoms with Gasteiger partial charge in [-0.15, -0.1) is 11.3 Å². The molecule has 0 spiro atoms. The maximum atomic E-state index is 6.00. The summed E-state index contributed by atoms with van der Waals surface area (Å²) in [4.78, 5) is 8.77. The molecule has 3 rings (SSSR count). The fraction of sp³-hybridized carbons (Fsp3) is 0.125. The van der Waals surface area contributed by atoms with E-state index < -0.39 is 0 Å². The lowest BCUT2D eigenvalue weighted by Crippen LogP contribution is -1.96. The fourth-order valence-electron chi connectivity index (χ4n) is 2.02. The van der Waals surface area contributed by atoms with E-state index in [9.17, 15) is 0 Å². The summed E-state index contributed by atoms with van der Waals surface area (Å²) in [6, 6.07) is 9.67. The first kappa shape index (κ1) is 13.6. The molecule has 0 fully saturated rings. The Kier molecular flexibility index (Phi) is 3.83. The lowest BCUT2D eigenvalue weighted by molar-refractivity contribution is 0.342. The Morgan fingerprint density at radius 3 is 2.86 bits per heavy atom. The molecule has 2 heterocycles. The van der Waals surface area contributed by atoms with Crippen LogP contribution in [0.2, 0.25) is 0 Å². The maximum absolute atomic E-state index is 6.00. The first-order valence-corrected chi connectivity index (χ1v) is 7.54. The van der Waals surface area contributed by atoms with Gasteiger partial charge in [0.15, 0.2) is 0 Å². The molecule has 0 saturated carbocycles. The van der Waals surface area contributed by atoms with E-state index in [0.29, 0.717) is 18.0 Å². The van der Waals surface area contributed by atoms with Crippen molar-refractivity contribution in [1.82, 2.24) is 9.97 Å². The molecule has 0 unspecified atom stereocenters. The summed E-state index contributed by atoms with van der Waals surface area (Å²) in [5.74, 6) is 0.713. The second-order valence-electron chi connectivity index (χ2n) is 4.47. The molecule has 2 aromatic heterocycles. The van der Waals surface area contributed by atoms with E-state index >= 15 is 0 Å². The maximum Gasteiger partial charge on any atom is 0.142 e. The molecule has 0 atom stereocenters. The molecule has 106 valence electrons. The number of hydrogen-bond acceptors (Lipinski definition) is 5. The van der Waals surface area contributed by atoms with Crippen LogP contribution in [0.5, 0.6) is 5.75 Å². The molecule has 0 aliphatic rings. The molecular weight excluding hydrogens is 282 g/mol. The Hall–Kier alpha value is -2.40. The number of nitrogen functional groups attached to an aromatic ring is 1. The van der Waals surface area contributed by atoms with Gasteiger partial charge in [-0.3, -0.25) is 4.98 Å². The van der Waals surface area contributed by atoms with E-state index in [1.807, 2.05) is 48.8 Å². The number of nitrogens with zero attached hydrogens (tertiary/aromatic N) is 2. The van der Waals surface area contributed by atoms with Crippen LogP contribution in [0.15, 0.2) is 48.1 Å². The number of ether oxygens (including phenoxy) is 1. The third kappa shape index (κ3) is 2.87. The summed E-state index contributed by atoms with van der Waals surface area (Å²) < 4.78 is 5.45. The van der Waals surface area contributed by atoms with Crippen LogP contribution in [-0.2, 0) is 0 Å². The van der Waals surface area contributed by atoms with Gasteiger partial charge in [0.05, 0.1) is 18.0 Å². The van der Waals surface area contributed by atoms with Gasteiger partial charge in [0.25, 0.3) is 0 Å². The predicted molar refractivity (Wildman–Crippen MR) is 86.4 cm³/mol. The molecule has 0 radical (unpaired) electrons. The number of anilines is 1. The van der Waals surface area contributed by atoms with Gasteiger partial charge in [0, 0.05) is 28.9 Å². The summed E-state index contributed by atoms with van der Waals surface area (Å²) in [6.07, 6.45) is 3.56. The molecule has 4 nitrogen and oxygen atoms in total. The number of nitrogens with two attached hydrogens (primary N) is 1. The molecule has 2 N–H and O–H groups in total. The molecular formula is C16H15N3OS. The monoisotopic (exact) mass is 297 g/mol. The third-order valence-electron chi connectivity index (χ3n) is 3.02. The van der Waals surface area contributed by atoms with Crippen molar-refractivity contribution < 1.29 is 4.74 Å². The second kappa shape index (κ2) is 5.93. The zero-order valence-corrected chi connectivity index (χ0v) is 12.4. The zero-order chi connectivity index (χ0) is 14.7. The van der Waals surface area contributed by atoms with Crippen molar-refractivity contribution in [1.29, 1.82) is 0 Å². The number of benzene rings is 1. The predicted octanol–water partition coefficient (Wildman–Crippen LogP) is 3.85. The van der Waals surface area contributed by atoms with Crippen molar-refractivity contribution in [3.05, 3.63) is 48.1 Å². The minimum Gasteiger partial charge on any atom is -0.492 e. The SMILES string of the molecule is CCOc1ccc(-c2nc(-c3cccnc3)cs2)cc1N. The number of hydrogen-bond donors (Lipinski definition) is 1. The Labute approximate surface area is 127 Å². The van der Waals surface area contributed by atoms with E-state index in [-0.39, 0.29) is 0 Å². The molecule has 0 aliphatic carbocycles. The Bertz CT molecular complexity index is 740. The van der Waals surface area contributed by atoms with Crippen LogP contribution in [0.3, 0.4) is 0 Å². The highest BCUT2D eigenvalue weighted by molar-refractivity contribution is 7.13. The number of pyridine rings is 1. The quantitative estimate of drug-likeness (QED) is 0.743. The van der Waals surface area contributed by atoms with Crippen molar-refractivity contribution in [2.75, 3.05) is 12.3 Å². The van der Waals surface area contributed by atoms with E-state index in [2.05, 4.69) is 9.97 Å². The normalized spacial score (nSPS) is 10.5. The van der Waals surface area contributed by atoms with Crippen molar-refractivity contribution in [2.24, 2.45) is 0 Å². The molecule has 0 amide bonds. The van der Waals surface area contributed by atoms with Crippen LogP contribution in [0.4, 0.5) is 5.69 Å². The van der Waals surface area contributed by atoms with Crippen LogP contribution in [0.1, 0.15) is 6.92 Å².